The van der Waals surface area contributed by atoms with Crippen LogP contribution in [0.25, 0.3) is 0 Å². The number of carboxylic acids is 1. The molecule has 0 unspecified atom stereocenters. The van der Waals surface area contributed by atoms with Gasteiger partial charge in [0.25, 0.3) is 0 Å². The Morgan fingerprint density at radius 3 is 2.38 bits per heavy atom. The van der Waals surface area contributed by atoms with Crippen molar-refractivity contribution >= 4 is 5.97 Å². The van der Waals surface area contributed by atoms with Gasteiger partial charge in [0.15, 0.2) is 0 Å². The van der Waals surface area contributed by atoms with Gasteiger partial charge in [-0.1, -0.05) is 5.57 Å². The lowest BCUT2D eigenvalue weighted by molar-refractivity contribution is -0.132. The molecule has 0 aromatic heterocycles. The highest BCUT2D eigenvalue weighted by atomic mass is 16.5. The molecular weight excluding hydrogens is 168 g/mol. The van der Waals surface area contributed by atoms with E-state index in [4.69, 9.17) is 9.84 Å². The second kappa shape index (κ2) is 4.42. The fourth-order valence-corrected chi connectivity index (χ4v) is 1.70. The zero-order valence-electron chi connectivity index (χ0n) is 8.17. The Balaban J connectivity index is 2.58. The number of aliphatic carboxylic acids is 1. The molecule has 0 aromatic rings. The third-order valence-corrected chi connectivity index (χ3v) is 2.72. The highest BCUT2D eigenvalue weighted by molar-refractivity contribution is 5.86. The van der Waals surface area contributed by atoms with Crippen LogP contribution in [0.3, 0.4) is 0 Å². The molecule has 0 aliphatic heterocycles. The summed E-state index contributed by atoms with van der Waals surface area (Å²) in [4.78, 5) is 10.7. The largest absolute Gasteiger partial charge is 0.478 e. The standard InChI is InChI=1S/C10H16O3/c1-7(10(11)12)8-3-5-9(13-2)6-4-8/h9H,3-6H2,1-2H3,(H,11,12). The van der Waals surface area contributed by atoms with Crippen molar-refractivity contribution in [3.8, 4) is 0 Å². The van der Waals surface area contributed by atoms with Crippen molar-refractivity contribution in [2.45, 2.75) is 38.7 Å². The molecule has 0 aromatic carbocycles. The van der Waals surface area contributed by atoms with Crippen LogP contribution in [-0.2, 0) is 9.53 Å². The number of carbonyl (C=O) groups is 1. The highest BCUT2D eigenvalue weighted by Crippen LogP contribution is 2.27. The minimum Gasteiger partial charge on any atom is -0.478 e. The van der Waals surface area contributed by atoms with Gasteiger partial charge in [0.05, 0.1) is 6.10 Å². The molecule has 1 N–H and O–H groups in total. The minimum atomic E-state index is -0.786. The van der Waals surface area contributed by atoms with Crippen LogP contribution in [-0.4, -0.2) is 24.3 Å². The number of hydrogen-bond acceptors (Lipinski definition) is 2. The van der Waals surface area contributed by atoms with E-state index in [9.17, 15) is 4.79 Å². The molecule has 0 radical (unpaired) electrons. The lowest BCUT2D eigenvalue weighted by Gasteiger charge is -2.23. The number of ether oxygens (including phenoxy) is 1. The van der Waals surface area contributed by atoms with Gasteiger partial charge in [-0.25, -0.2) is 4.79 Å². The van der Waals surface area contributed by atoms with E-state index in [0.717, 1.165) is 31.3 Å². The van der Waals surface area contributed by atoms with Crippen LogP contribution in [0.5, 0.6) is 0 Å². The summed E-state index contributed by atoms with van der Waals surface area (Å²) in [7, 11) is 1.71. The van der Waals surface area contributed by atoms with E-state index < -0.39 is 5.97 Å². The average molecular weight is 184 g/mol. The summed E-state index contributed by atoms with van der Waals surface area (Å²) in [5.41, 5.74) is 1.61. The lowest BCUT2D eigenvalue weighted by atomic mass is 9.89. The van der Waals surface area contributed by atoms with Crippen molar-refractivity contribution in [1.29, 1.82) is 0 Å². The first-order valence-electron chi connectivity index (χ1n) is 4.60. The Morgan fingerprint density at radius 2 is 2.00 bits per heavy atom. The van der Waals surface area contributed by atoms with Crippen molar-refractivity contribution in [1.82, 2.24) is 0 Å². The number of rotatable bonds is 2. The Labute approximate surface area is 78.4 Å². The van der Waals surface area contributed by atoms with Gasteiger partial charge in [-0.2, -0.15) is 0 Å². The molecule has 1 aliphatic rings. The number of allylic oxidation sites excluding steroid dienone is 1. The van der Waals surface area contributed by atoms with Crippen molar-refractivity contribution in [2.75, 3.05) is 7.11 Å². The van der Waals surface area contributed by atoms with Crippen LogP contribution in [0.4, 0.5) is 0 Å². The first-order chi connectivity index (χ1) is 6.15. The predicted molar refractivity (Wildman–Crippen MR) is 49.6 cm³/mol. The van der Waals surface area contributed by atoms with E-state index in [2.05, 4.69) is 0 Å². The van der Waals surface area contributed by atoms with Gasteiger partial charge in [0.1, 0.15) is 0 Å². The fraction of sp³-hybridized carbons (Fsp3) is 0.700. The van der Waals surface area contributed by atoms with E-state index in [1.807, 2.05) is 0 Å². The molecule has 3 heteroatoms. The molecule has 0 atom stereocenters. The fourth-order valence-electron chi connectivity index (χ4n) is 1.70. The second-order valence-electron chi connectivity index (χ2n) is 3.47. The normalized spacial score (nSPS) is 22.9. The third-order valence-electron chi connectivity index (χ3n) is 2.72. The third kappa shape index (κ3) is 2.56. The van der Waals surface area contributed by atoms with Crippen molar-refractivity contribution in [3.05, 3.63) is 11.1 Å². The summed E-state index contributed by atoms with van der Waals surface area (Å²) in [6.07, 6.45) is 3.98. The van der Waals surface area contributed by atoms with Gasteiger partial charge in [-0.15, -0.1) is 0 Å². The zero-order valence-corrected chi connectivity index (χ0v) is 8.17. The smallest absolute Gasteiger partial charge is 0.331 e. The van der Waals surface area contributed by atoms with E-state index in [0.29, 0.717) is 11.7 Å². The molecule has 74 valence electrons. The average Bonchev–Trinajstić information content (AvgIpc) is 2.17. The van der Waals surface area contributed by atoms with Gasteiger partial charge >= 0.3 is 5.97 Å². The van der Waals surface area contributed by atoms with E-state index >= 15 is 0 Å². The van der Waals surface area contributed by atoms with E-state index in [1.165, 1.54) is 0 Å². The van der Waals surface area contributed by atoms with Crippen LogP contribution >= 0.6 is 0 Å². The Kier molecular flexibility index (Phi) is 3.48. The molecule has 0 heterocycles. The molecule has 1 rings (SSSR count). The van der Waals surface area contributed by atoms with Gasteiger partial charge < -0.3 is 9.84 Å². The van der Waals surface area contributed by atoms with E-state index in [1.54, 1.807) is 14.0 Å². The van der Waals surface area contributed by atoms with Crippen molar-refractivity contribution in [3.63, 3.8) is 0 Å². The quantitative estimate of drug-likeness (QED) is 0.667. The molecule has 1 fully saturated rings. The van der Waals surface area contributed by atoms with Crippen LogP contribution in [0.1, 0.15) is 32.6 Å². The van der Waals surface area contributed by atoms with Gasteiger partial charge in [0.2, 0.25) is 0 Å². The van der Waals surface area contributed by atoms with Crippen molar-refractivity contribution in [2.24, 2.45) is 0 Å². The molecule has 13 heavy (non-hydrogen) atoms. The summed E-state index contributed by atoms with van der Waals surface area (Å²) < 4.78 is 5.21. The molecule has 3 nitrogen and oxygen atoms in total. The van der Waals surface area contributed by atoms with Crippen molar-refractivity contribution < 1.29 is 14.6 Å². The number of hydrogen-bond donors (Lipinski definition) is 1. The maximum atomic E-state index is 10.7. The molecule has 0 spiro atoms. The van der Waals surface area contributed by atoms with Gasteiger partial charge in [-0.3, -0.25) is 0 Å². The van der Waals surface area contributed by atoms with Crippen LogP contribution in [0.15, 0.2) is 11.1 Å². The lowest BCUT2D eigenvalue weighted by Crippen LogP contribution is -2.17. The summed E-state index contributed by atoms with van der Waals surface area (Å²) in [5, 5.41) is 8.77. The van der Waals surface area contributed by atoms with Gasteiger partial charge in [0, 0.05) is 12.7 Å². The first kappa shape index (κ1) is 10.3. The summed E-state index contributed by atoms with van der Waals surface area (Å²) in [6, 6.07) is 0. The summed E-state index contributed by atoms with van der Waals surface area (Å²) in [5.74, 6) is -0.786. The van der Waals surface area contributed by atoms with Gasteiger partial charge in [-0.05, 0) is 32.6 Å². The maximum Gasteiger partial charge on any atom is 0.331 e. The molecule has 1 saturated carbocycles. The molecular formula is C10H16O3. The Bertz CT molecular complexity index is 220. The SMILES string of the molecule is COC1CCC(=C(C)C(=O)O)CC1. The second-order valence-corrected chi connectivity index (χ2v) is 3.47. The molecule has 0 amide bonds. The van der Waals surface area contributed by atoms with Crippen LogP contribution < -0.4 is 0 Å². The molecule has 0 saturated heterocycles. The zero-order chi connectivity index (χ0) is 9.84. The first-order valence-corrected chi connectivity index (χ1v) is 4.60. The minimum absolute atomic E-state index is 0.324. The number of carboxylic acid groups (broad SMARTS) is 1. The molecule has 0 bridgehead atoms. The topological polar surface area (TPSA) is 46.5 Å². The number of methoxy groups -OCH3 is 1. The highest BCUT2D eigenvalue weighted by Gasteiger charge is 2.19. The van der Waals surface area contributed by atoms with E-state index in [-0.39, 0.29) is 0 Å². The summed E-state index contributed by atoms with van der Waals surface area (Å²) in [6.45, 7) is 1.69. The predicted octanol–water partition coefficient (Wildman–Crippen LogP) is 1.98. The van der Waals surface area contributed by atoms with Crippen LogP contribution in [0.2, 0.25) is 0 Å². The Hall–Kier alpha value is -0.830. The molecule has 1 aliphatic carbocycles. The summed E-state index contributed by atoms with van der Waals surface area (Å²) >= 11 is 0. The Morgan fingerprint density at radius 1 is 1.46 bits per heavy atom. The maximum absolute atomic E-state index is 10.7. The van der Waals surface area contributed by atoms with Crippen LogP contribution in [0, 0.1) is 0 Å². The monoisotopic (exact) mass is 184 g/mol.